The Balaban J connectivity index is 2.94. The van der Waals surface area contributed by atoms with Gasteiger partial charge in [-0.05, 0) is 12.1 Å². The molecule has 0 aliphatic heterocycles. The second kappa shape index (κ2) is 2.57. The number of rotatable bonds is 0. The summed E-state index contributed by atoms with van der Waals surface area (Å²) in [7, 11) is 0. The molecular weight excluding hydrogens is 197 g/mol. The Morgan fingerprint density at radius 1 is 1.25 bits per heavy atom. The van der Waals surface area contributed by atoms with Crippen LogP contribution in [0.5, 0.6) is 5.75 Å². The largest absolute Gasteiger partial charge is 0.506 e. The first kappa shape index (κ1) is 7.77. The van der Waals surface area contributed by atoms with Crippen molar-refractivity contribution in [3.05, 3.63) is 28.4 Å². The Bertz CT molecular complexity index is 436. The van der Waals surface area contributed by atoms with Gasteiger partial charge in [0.25, 0.3) is 0 Å². The molecule has 62 valence electrons. The average molecular weight is 202 g/mol. The van der Waals surface area contributed by atoms with Crippen LogP contribution in [0.15, 0.2) is 18.3 Å². The molecule has 1 aromatic heterocycles. The summed E-state index contributed by atoms with van der Waals surface area (Å²) in [4.78, 5) is 2.93. The van der Waals surface area contributed by atoms with E-state index >= 15 is 0 Å². The first-order valence-electron chi connectivity index (χ1n) is 3.34. The van der Waals surface area contributed by atoms with E-state index in [1.54, 1.807) is 12.3 Å². The van der Waals surface area contributed by atoms with Crippen LogP contribution in [0, 0.1) is 0 Å². The van der Waals surface area contributed by atoms with Crippen molar-refractivity contribution in [1.82, 2.24) is 4.98 Å². The van der Waals surface area contributed by atoms with E-state index in [4.69, 9.17) is 23.2 Å². The molecule has 4 heteroatoms. The van der Waals surface area contributed by atoms with Crippen molar-refractivity contribution in [1.29, 1.82) is 0 Å². The molecule has 0 fully saturated rings. The van der Waals surface area contributed by atoms with Crippen LogP contribution in [0.1, 0.15) is 0 Å². The summed E-state index contributed by atoms with van der Waals surface area (Å²) in [6, 6.07) is 3.39. The van der Waals surface area contributed by atoms with E-state index in [0.717, 1.165) is 10.9 Å². The number of fused-ring (bicyclic) bond motifs is 1. The van der Waals surface area contributed by atoms with Gasteiger partial charge in [0.05, 0.1) is 10.5 Å². The van der Waals surface area contributed by atoms with Crippen molar-refractivity contribution in [3.63, 3.8) is 0 Å². The second-order valence-corrected chi connectivity index (χ2v) is 3.22. The van der Waals surface area contributed by atoms with Gasteiger partial charge in [-0.2, -0.15) is 0 Å². The fraction of sp³-hybridized carbons (Fsp3) is 0. The molecule has 0 radical (unpaired) electrons. The predicted octanol–water partition coefficient (Wildman–Crippen LogP) is 3.18. The summed E-state index contributed by atoms with van der Waals surface area (Å²) >= 11 is 11.6. The summed E-state index contributed by atoms with van der Waals surface area (Å²) < 4.78 is 0. The van der Waals surface area contributed by atoms with Crippen LogP contribution in [0.25, 0.3) is 10.9 Å². The smallest absolute Gasteiger partial charge is 0.136 e. The molecule has 0 atom stereocenters. The van der Waals surface area contributed by atoms with Gasteiger partial charge in [-0.15, -0.1) is 0 Å². The normalized spacial score (nSPS) is 10.8. The molecule has 2 aromatic rings. The fourth-order valence-corrected chi connectivity index (χ4v) is 1.53. The van der Waals surface area contributed by atoms with E-state index in [-0.39, 0.29) is 10.8 Å². The second-order valence-electron chi connectivity index (χ2n) is 2.47. The minimum atomic E-state index is 0.00812. The number of H-pyrrole nitrogens is 1. The van der Waals surface area contributed by atoms with E-state index in [9.17, 15) is 5.11 Å². The van der Waals surface area contributed by atoms with Gasteiger partial charge in [0.15, 0.2) is 0 Å². The number of aromatic nitrogens is 1. The van der Waals surface area contributed by atoms with Crippen LogP contribution < -0.4 is 0 Å². The molecule has 0 saturated carbocycles. The van der Waals surface area contributed by atoms with Gasteiger partial charge in [0.1, 0.15) is 10.8 Å². The third-order valence-electron chi connectivity index (χ3n) is 1.71. The molecule has 12 heavy (non-hydrogen) atoms. The molecule has 0 aliphatic rings. The Morgan fingerprint density at radius 2 is 2.00 bits per heavy atom. The zero-order chi connectivity index (χ0) is 8.72. The zero-order valence-electron chi connectivity index (χ0n) is 5.94. The van der Waals surface area contributed by atoms with Crippen LogP contribution in [0.4, 0.5) is 0 Å². The maximum absolute atomic E-state index is 9.29. The van der Waals surface area contributed by atoms with Gasteiger partial charge in [-0.25, -0.2) is 0 Å². The number of benzene rings is 1. The highest BCUT2D eigenvalue weighted by Gasteiger charge is 2.09. The number of phenols is 1. The monoisotopic (exact) mass is 201 g/mol. The number of hydrogen-bond acceptors (Lipinski definition) is 1. The lowest BCUT2D eigenvalue weighted by molar-refractivity contribution is 0.476. The molecule has 1 heterocycles. The Labute approximate surface area is 78.7 Å². The maximum atomic E-state index is 9.29. The van der Waals surface area contributed by atoms with E-state index in [1.165, 1.54) is 0 Å². The van der Waals surface area contributed by atoms with Gasteiger partial charge in [0, 0.05) is 11.6 Å². The number of aromatic amines is 1. The molecule has 0 amide bonds. The molecular formula is C8H5Cl2NO. The van der Waals surface area contributed by atoms with Gasteiger partial charge < -0.3 is 10.1 Å². The molecule has 0 spiro atoms. The van der Waals surface area contributed by atoms with Crippen LogP contribution >= 0.6 is 23.2 Å². The molecule has 2 nitrogen and oxygen atoms in total. The summed E-state index contributed by atoms with van der Waals surface area (Å²) in [6.45, 7) is 0. The van der Waals surface area contributed by atoms with Crippen LogP contribution in [-0.2, 0) is 0 Å². The van der Waals surface area contributed by atoms with Crippen molar-refractivity contribution in [3.8, 4) is 5.75 Å². The number of aromatic hydroxyl groups is 1. The lowest BCUT2D eigenvalue weighted by Gasteiger charge is -2.00. The summed E-state index contributed by atoms with van der Waals surface area (Å²) in [6.07, 6.45) is 1.74. The number of hydrogen-bond donors (Lipinski definition) is 2. The first-order valence-corrected chi connectivity index (χ1v) is 4.10. The minimum Gasteiger partial charge on any atom is -0.506 e. The molecule has 2 rings (SSSR count). The van der Waals surface area contributed by atoms with Gasteiger partial charge in [0.2, 0.25) is 0 Å². The van der Waals surface area contributed by atoms with Crippen LogP contribution in [0.2, 0.25) is 10.0 Å². The Kier molecular flexibility index (Phi) is 1.67. The van der Waals surface area contributed by atoms with E-state index in [0.29, 0.717) is 5.02 Å². The van der Waals surface area contributed by atoms with Gasteiger partial charge >= 0.3 is 0 Å². The predicted molar refractivity (Wildman–Crippen MR) is 50.0 cm³/mol. The molecule has 0 aliphatic carbocycles. The SMILES string of the molecule is Oc1cc2cc[nH]c2c(Cl)c1Cl. The quantitative estimate of drug-likeness (QED) is 0.676. The highest BCUT2D eigenvalue weighted by Crippen LogP contribution is 2.36. The third-order valence-corrected chi connectivity index (χ3v) is 2.57. The zero-order valence-corrected chi connectivity index (χ0v) is 7.45. The molecule has 0 unspecified atom stereocenters. The summed E-state index contributed by atoms with van der Waals surface area (Å²) in [5, 5.41) is 10.7. The average Bonchev–Trinajstić information content (AvgIpc) is 2.48. The van der Waals surface area contributed by atoms with Crippen molar-refractivity contribution in [2.45, 2.75) is 0 Å². The summed E-state index contributed by atoms with van der Waals surface area (Å²) in [5.74, 6) is 0.00812. The maximum Gasteiger partial charge on any atom is 0.136 e. The third kappa shape index (κ3) is 0.958. The number of phenolic OH excluding ortho intramolecular Hbond substituents is 1. The molecule has 1 aromatic carbocycles. The molecule has 0 saturated heterocycles. The van der Waals surface area contributed by atoms with Crippen LogP contribution in [0.3, 0.4) is 0 Å². The first-order chi connectivity index (χ1) is 5.70. The lowest BCUT2D eigenvalue weighted by atomic mass is 10.2. The number of halogens is 2. The van der Waals surface area contributed by atoms with Crippen molar-refractivity contribution < 1.29 is 5.11 Å². The minimum absolute atomic E-state index is 0.00812. The lowest BCUT2D eigenvalue weighted by Crippen LogP contribution is -1.74. The van der Waals surface area contributed by atoms with E-state index in [2.05, 4.69) is 4.98 Å². The van der Waals surface area contributed by atoms with Crippen molar-refractivity contribution in [2.75, 3.05) is 0 Å². The molecule has 2 N–H and O–H groups in total. The highest BCUT2D eigenvalue weighted by atomic mass is 35.5. The van der Waals surface area contributed by atoms with Gasteiger partial charge in [-0.3, -0.25) is 0 Å². The van der Waals surface area contributed by atoms with Crippen molar-refractivity contribution >= 4 is 34.1 Å². The van der Waals surface area contributed by atoms with Crippen LogP contribution in [-0.4, -0.2) is 10.1 Å². The van der Waals surface area contributed by atoms with E-state index < -0.39 is 0 Å². The summed E-state index contributed by atoms with van der Waals surface area (Å²) in [5.41, 5.74) is 0.750. The fourth-order valence-electron chi connectivity index (χ4n) is 1.12. The Morgan fingerprint density at radius 3 is 2.75 bits per heavy atom. The molecule has 0 bridgehead atoms. The van der Waals surface area contributed by atoms with Crippen molar-refractivity contribution in [2.24, 2.45) is 0 Å². The highest BCUT2D eigenvalue weighted by molar-refractivity contribution is 6.45. The standard InChI is InChI=1S/C8H5Cl2NO/c9-6-5(12)3-4-1-2-11-8(4)7(6)10/h1-3,11-12H. The Hall–Kier alpha value is -0.860. The van der Waals surface area contributed by atoms with Gasteiger partial charge in [-0.1, -0.05) is 23.2 Å². The topological polar surface area (TPSA) is 36.0 Å². The number of nitrogens with one attached hydrogen (secondary N) is 1. The van der Waals surface area contributed by atoms with E-state index in [1.807, 2.05) is 6.07 Å².